The van der Waals surface area contributed by atoms with E-state index in [1.54, 1.807) is 22.5 Å². The molecule has 1 aliphatic rings. The molecule has 0 unspecified atom stereocenters. The van der Waals surface area contributed by atoms with Gasteiger partial charge in [0.25, 0.3) is 5.91 Å². The number of halogens is 1. The van der Waals surface area contributed by atoms with Gasteiger partial charge in [0.05, 0.1) is 10.7 Å². The SMILES string of the molecule is Cc1nc(Cc2ccc(F)cc2)sc1C(=O)N1CCC(C(=O)Nc2nncs2)CC1. The number of likely N-dealkylation sites (tertiary alicyclic amines) is 1. The van der Waals surface area contributed by atoms with Gasteiger partial charge in [-0.1, -0.05) is 23.5 Å². The summed E-state index contributed by atoms with van der Waals surface area (Å²) in [6.45, 7) is 2.88. The molecule has 1 aliphatic heterocycles. The quantitative estimate of drug-likeness (QED) is 0.649. The number of nitrogens with one attached hydrogen (secondary N) is 1. The van der Waals surface area contributed by atoms with Crippen LogP contribution in [0.4, 0.5) is 9.52 Å². The first-order chi connectivity index (χ1) is 14.5. The number of nitrogens with zero attached hydrogens (tertiary/aromatic N) is 4. The van der Waals surface area contributed by atoms with E-state index in [0.717, 1.165) is 10.6 Å². The Hall–Kier alpha value is -2.72. The second kappa shape index (κ2) is 8.97. The van der Waals surface area contributed by atoms with Crippen LogP contribution in [-0.2, 0) is 11.2 Å². The van der Waals surface area contributed by atoms with E-state index in [2.05, 4.69) is 20.5 Å². The average Bonchev–Trinajstić information content (AvgIpc) is 3.39. The first-order valence-electron chi connectivity index (χ1n) is 9.56. The van der Waals surface area contributed by atoms with Crippen LogP contribution in [0.5, 0.6) is 0 Å². The van der Waals surface area contributed by atoms with Gasteiger partial charge < -0.3 is 10.2 Å². The molecule has 156 valence electrons. The average molecular weight is 446 g/mol. The summed E-state index contributed by atoms with van der Waals surface area (Å²) in [6.07, 6.45) is 1.78. The summed E-state index contributed by atoms with van der Waals surface area (Å²) in [6, 6.07) is 6.30. The van der Waals surface area contributed by atoms with Crippen molar-refractivity contribution in [1.82, 2.24) is 20.1 Å². The fourth-order valence-electron chi connectivity index (χ4n) is 3.43. The van der Waals surface area contributed by atoms with Crippen LogP contribution in [0.25, 0.3) is 0 Å². The molecule has 4 rings (SSSR count). The third-order valence-corrected chi connectivity index (χ3v) is 6.80. The number of hydrogen-bond donors (Lipinski definition) is 1. The van der Waals surface area contributed by atoms with Crippen LogP contribution in [0.1, 0.15) is 38.8 Å². The molecule has 0 spiro atoms. The normalized spacial score (nSPS) is 14.7. The number of piperidine rings is 1. The Balaban J connectivity index is 1.35. The van der Waals surface area contributed by atoms with Gasteiger partial charge in [0.2, 0.25) is 11.0 Å². The number of carbonyl (C=O) groups excluding carboxylic acids is 2. The van der Waals surface area contributed by atoms with E-state index in [-0.39, 0.29) is 23.5 Å². The van der Waals surface area contributed by atoms with E-state index in [1.165, 1.54) is 34.8 Å². The van der Waals surface area contributed by atoms with Crippen LogP contribution in [0.3, 0.4) is 0 Å². The number of hydrogen-bond acceptors (Lipinski definition) is 7. The van der Waals surface area contributed by atoms with E-state index >= 15 is 0 Å². The zero-order valence-electron chi connectivity index (χ0n) is 16.3. The minimum absolute atomic E-state index is 0.0432. The molecule has 0 radical (unpaired) electrons. The van der Waals surface area contributed by atoms with Crippen LogP contribution in [0, 0.1) is 18.7 Å². The third kappa shape index (κ3) is 4.71. The van der Waals surface area contributed by atoms with Crippen molar-refractivity contribution >= 4 is 39.6 Å². The molecule has 30 heavy (non-hydrogen) atoms. The number of benzene rings is 1. The first kappa shape index (κ1) is 20.5. The molecule has 2 amide bonds. The highest BCUT2D eigenvalue weighted by Gasteiger charge is 2.30. The molecular formula is C20H20FN5O2S2. The fraction of sp³-hybridized carbons (Fsp3) is 0.350. The Morgan fingerprint density at radius 2 is 1.97 bits per heavy atom. The van der Waals surface area contributed by atoms with Crippen LogP contribution in [-0.4, -0.2) is 45.0 Å². The molecule has 1 fully saturated rings. The Morgan fingerprint density at radius 1 is 1.23 bits per heavy atom. The smallest absolute Gasteiger partial charge is 0.265 e. The Kier molecular flexibility index (Phi) is 6.14. The fourth-order valence-corrected chi connectivity index (χ4v) is 4.94. The van der Waals surface area contributed by atoms with E-state index in [0.29, 0.717) is 48.1 Å². The van der Waals surface area contributed by atoms with Crippen molar-refractivity contribution in [1.29, 1.82) is 0 Å². The van der Waals surface area contributed by atoms with Crippen molar-refractivity contribution in [2.45, 2.75) is 26.2 Å². The summed E-state index contributed by atoms with van der Waals surface area (Å²) in [5.74, 6) is -0.535. The molecule has 1 saturated heterocycles. The van der Waals surface area contributed by atoms with Gasteiger partial charge in [-0.3, -0.25) is 9.59 Å². The number of amides is 2. The Morgan fingerprint density at radius 3 is 2.63 bits per heavy atom. The second-order valence-corrected chi connectivity index (χ2v) is 9.04. The van der Waals surface area contributed by atoms with Crippen molar-refractivity contribution in [3.05, 3.63) is 56.7 Å². The van der Waals surface area contributed by atoms with Gasteiger partial charge in [0.1, 0.15) is 16.2 Å². The lowest BCUT2D eigenvalue weighted by Crippen LogP contribution is -2.41. The molecule has 3 heterocycles. The van der Waals surface area contributed by atoms with Crippen molar-refractivity contribution in [3.63, 3.8) is 0 Å². The highest BCUT2D eigenvalue weighted by molar-refractivity contribution is 7.14. The molecule has 0 atom stereocenters. The minimum atomic E-state index is -0.273. The molecule has 3 aromatic rings. The van der Waals surface area contributed by atoms with Gasteiger partial charge >= 0.3 is 0 Å². The number of aromatic nitrogens is 3. The summed E-state index contributed by atoms with van der Waals surface area (Å²) in [5, 5.41) is 11.6. The molecule has 10 heteroatoms. The number of carbonyl (C=O) groups is 2. The number of aryl methyl sites for hydroxylation is 1. The van der Waals surface area contributed by atoms with Crippen LogP contribution in [0.2, 0.25) is 0 Å². The summed E-state index contributed by atoms with van der Waals surface area (Å²) < 4.78 is 13.1. The molecule has 0 saturated carbocycles. The van der Waals surface area contributed by atoms with Crippen LogP contribution < -0.4 is 5.32 Å². The van der Waals surface area contributed by atoms with E-state index in [4.69, 9.17) is 0 Å². The minimum Gasteiger partial charge on any atom is -0.338 e. The summed E-state index contributed by atoms with van der Waals surface area (Å²) in [4.78, 5) is 32.3. The third-order valence-electron chi connectivity index (χ3n) is 5.05. The second-order valence-electron chi connectivity index (χ2n) is 7.12. The zero-order valence-corrected chi connectivity index (χ0v) is 17.9. The molecule has 1 aromatic carbocycles. The Labute approximate surface area is 181 Å². The maximum Gasteiger partial charge on any atom is 0.265 e. The lowest BCUT2D eigenvalue weighted by Gasteiger charge is -2.30. The molecule has 7 nitrogen and oxygen atoms in total. The van der Waals surface area contributed by atoms with Gasteiger partial charge in [0.15, 0.2) is 0 Å². The summed E-state index contributed by atoms with van der Waals surface area (Å²) >= 11 is 2.66. The number of rotatable bonds is 5. The maximum absolute atomic E-state index is 13.1. The highest BCUT2D eigenvalue weighted by atomic mass is 32.1. The molecule has 2 aromatic heterocycles. The van der Waals surface area contributed by atoms with Crippen LogP contribution >= 0.6 is 22.7 Å². The molecule has 0 aliphatic carbocycles. The van der Waals surface area contributed by atoms with Crippen LogP contribution in [0.15, 0.2) is 29.8 Å². The standard InChI is InChI=1S/C20H20FN5O2S2/c1-12-17(30-16(23-12)10-13-2-4-15(21)5-3-13)19(28)26-8-6-14(7-9-26)18(27)24-20-25-22-11-29-20/h2-5,11,14H,6-10H2,1H3,(H,24,25,27). The molecular weight excluding hydrogens is 425 g/mol. The summed E-state index contributed by atoms with van der Waals surface area (Å²) in [7, 11) is 0. The van der Waals surface area contributed by atoms with E-state index in [9.17, 15) is 14.0 Å². The van der Waals surface area contributed by atoms with Crippen molar-refractivity contribution < 1.29 is 14.0 Å². The maximum atomic E-state index is 13.1. The van der Waals surface area contributed by atoms with Gasteiger partial charge in [-0.15, -0.1) is 21.5 Å². The Bertz CT molecular complexity index is 1030. The monoisotopic (exact) mass is 445 g/mol. The highest BCUT2D eigenvalue weighted by Crippen LogP contribution is 2.26. The number of anilines is 1. The van der Waals surface area contributed by atoms with Crippen molar-refractivity contribution in [2.75, 3.05) is 18.4 Å². The van der Waals surface area contributed by atoms with E-state index in [1.807, 2.05) is 6.92 Å². The molecule has 0 bridgehead atoms. The predicted octanol–water partition coefficient (Wildman–Crippen LogP) is 3.52. The van der Waals surface area contributed by atoms with Gasteiger partial charge in [-0.25, -0.2) is 9.37 Å². The topological polar surface area (TPSA) is 88.1 Å². The lowest BCUT2D eigenvalue weighted by atomic mass is 9.96. The van der Waals surface area contributed by atoms with Crippen molar-refractivity contribution in [2.24, 2.45) is 5.92 Å². The predicted molar refractivity (Wildman–Crippen MR) is 113 cm³/mol. The van der Waals surface area contributed by atoms with Gasteiger partial charge in [-0.05, 0) is 37.5 Å². The van der Waals surface area contributed by atoms with Crippen molar-refractivity contribution in [3.8, 4) is 0 Å². The largest absolute Gasteiger partial charge is 0.338 e. The van der Waals surface area contributed by atoms with Gasteiger partial charge in [-0.2, -0.15) is 0 Å². The van der Waals surface area contributed by atoms with Gasteiger partial charge in [0, 0.05) is 25.4 Å². The summed E-state index contributed by atoms with van der Waals surface area (Å²) in [5.41, 5.74) is 3.23. The zero-order chi connectivity index (χ0) is 21.1. The lowest BCUT2D eigenvalue weighted by molar-refractivity contribution is -0.121. The number of thiazole rings is 1. The first-order valence-corrected chi connectivity index (χ1v) is 11.3. The molecule has 1 N–H and O–H groups in total. The van der Waals surface area contributed by atoms with E-state index < -0.39 is 0 Å².